The zero-order valence-electron chi connectivity index (χ0n) is 8.27. The summed E-state index contributed by atoms with van der Waals surface area (Å²) in [4.78, 5) is 11.2. The van der Waals surface area contributed by atoms with Crippen molar-refractivity contribution in [1.29, 1.82) is 0 Å². The van der Waals surface area contributed by atoms with Crippen molar-refractivity contribution < 1.29 is 18.7 Å². The fraction of sp³-hybridized carbons (Fsp3) is 0.364. The molecule has 0 spiro atoms. The molecule has 1 aliphatic rings. The van der Waals surface area contributed by atoms with E-state index in [0.717, 1.165) is 5.56 Å². The van der Waals surface area contributed by atoms with E-state index in [-0.39, 0.29) is 11.8 Å². The largest absolute Gasteiger partial charge is 0.481 e. The lowest BCUT2D eigenvalue weighted by molar-refractivity contribution is -0.138. The van der Waals surface area contributed by atoms with Crippen LogP contribution in [0.15, 0.2) is 29.2 Å². The van der Waals surface area contributed by atoms with Crippen LogP contribution in [-0.4, -0.2) is 16.8 Å². The normalized spacial score (nSPS) is 23.4. The molecule has 0 bridgehead atoms. The SMILES string of the molecule is O=C(O)C1CC1c1ccc(SC(F)F)cc1. The van der Waals surface area contributed by atoms with Crippen LogP contribution in [0.4, 0.5) is 8.78 Å². The van der Waals surface area contributed by atoms with Crippen LogP contribution in [0.1, 0.15) is 17.9 Å². The van der Waals surface area contributed by atoms with Gasteiger partial charge in [-0.2, -0.15) is 8.78 Å². The Labute approximate surface area is 95.7 Å². The zero-order valence-corrected chi connectivity index (χ0v) is 9.08. The summed E-state index contributed by atoms with van der Waals surface area (Å²) in [5.74, 6) is -3.44. The van der Waals surface area contributed by atoms with Gasteiger partial charge in [-0.25, -0.2) is 0 Å². The molecule has 2 rings (SSSR count). The van der Waals surface area contributed by atoms with E-state index in [1.165, 1.54) is 0 Å². The first-order valence-corrected chi connectivity index (χ1v) is 5.73. The van der Waals surface area contributed by atoms with Crippen molar-refractivity contribution in [1.82, 2.24) is 0 Å². The van der Waals surface area contributed by atoms with Crippen molar-refractivity contribution in [2.45, 2.75) is 23.0 Å². The van der Waals surface area contributed by atoms with Crippen molar-refractivity contribution >= 4 is 17.7 Å². The highest BCUT2D eigenvalue weighted by Gasteiger charge is 2.43. The van der Waals surface area contributed by atoms with Crippen LogP contribution in [0, 0.1) is 5.92 Å². The summed E-state index contributed by atoms with van der Waals surface area (Å²) in [7, 11) is 0. The van der Waals surface area contributed by atoms with Gasteiger partial charge in [0.2, 0.25) is 0 Å². The minimum Gasteiger partial charge on any atom is -0.481 e. The van der Waals surface area contributed by atoms with Crippen LogP contribution >= 0.6 is 11.8 Å². The van der Waals surface area contributed by atoms with Gasteiger partial charge in [0.25, 0.3) is 5.76 Å². The lowest BCUT2D eigenvalue weighted by Crippen LogP contribution is -1.98. The molecule has 1 aliphatic carbocycles. The molecule has 2 atom stereocenters. The third-order valence-corrected chi connectivity index (χ3v) is 3.36. The molecule has 16 heavy (non-hydrogen) atoms. The number of halogens is 2. The van der Waals surface area contributed by atoms with E-state index in [1.54, 1.807) is 24.3 Å². The highest BCUT2D eigenvalue weighted by Crippen LogP contribution is 2.47. The number of hydrogen-bond donors (Lipinski definition) is 1. The number of carbonyl (C=O) groups is 1. The first-order valence-electron chi connectivity index (χ1n) is 4.85. The van der Waals surface area contributed by atoms with Crippen LogP contribution in [-0.2, 0) is 4.79 Å². The van der Waals surface area contributed by atoms with Crippen molar-refractivity contribution in [3.63, 3.8) is 0 Å². The van der Waals surface area contributed by atoms with Crippen LogP contribution < -0.4 is 0 Å². The molecule has 1 aromatic rings. The molecule has 86 valence electrons. The Hall–Kier alpha value is -1.10. The molecule has 5 heteroatoms. The molecule has 1 N–H and O–H groups in total. The maximum Gasteiger partial charge on any atom is 0.307 e. The molecule has 0 amide bonds. The van der Waals surface area contributed by atoms with Crippen molar-refractivity contribution in [2.24, 2.45) is 5.92 Å². The molecule has 0 heterocycles. The number of benzene rings is 1. The average molecular weight is 244 g/mol. The Morgan fingerprint density at radius 1 is 1.38 bits per heavy atom. The van der Waals surface area contributed by atoms with Gasteiger partial charge in [0.05, 0.1) is 5.92 Å². The maximum atomic E-state index is 12.0. The number of carboxylic acid groups (broad SMARTS) is 1. The zero-order chi connectivity index (χ0) is 11.7. The van der Waals surface area contributed by atoms with Gasteiger partial charge >= 0.3 is 5.97 Å². The minimum absolute atomic E-state index is 0.0584. The second kappa shape index (κ2) is 4.41. The van der Waals surface area contributed by atoms with Crippen LogP contribution in [0.5, 0.6) is 0 Å². The summed E-state index contributed by atoms with van der Waals surface area (Å²) in [6.07, 6.45) is 0.649. The summed E-state index contributed by atoms with van der Waals surface area (Å²) in [5.41, 5.74) is 0.922. The lowest BCUT2D eigenvalue weighted by Gasteiger charge is -2.02. The van der Waals surface area contributed by atoms with Gasteiger partial charge < -0.3 is 5.11 Å². The first-order chi connectivity index (χ1) is 7.58. The second-order valence-electron chi connectivity index (χ2n) is 3.73. The molecular formula is C11H10F2O2S. The third-order valence-electron chi connectivity index (χ3n) is 2.64. The van der Waals surface area contributed by atoms with Crippen molar-refractivity contribution in [3.05, 3.63) is 29.8 Å². The average Bonchev–Trinajstić information content (AvgIpc) is 2.97. The van der Waals surface area contributed by atoms with Crippen molar-refractivity contribution in [2.75, 3.05) is 0 Å². The van der Waals surface area contributed by atoms with E-state index in [2.05, 4.69) is 0 Å². The van der Waals surface area contributed by atoms with E-state index in [9.17, 15) is 13.6 Å². The van der Waals surface area contributed by atoms with E-state index in [1.807, 2.05) is 0 Å². The molecule has 2 nitrogen and oxygen atoms in total. The quantitative estimate of drug-likeness (QED) is 0.826. The van der Waals surface area contributed by atoms with Gasteiger partial charge in [-0.05, 0) is 30.0 Å². The molecule has 2 unspecified atom stereocenters. The molecule has 0 aliphatic heterocycles. The topological polar surface area (TPSA) is 37.3 Å². The predicted molar refractivity (Wildman–Crippen MR) is 56.8 cm³/mol. The van der Waals surface area contributed by atoms with Crippen LogP contribution in [0.3, 0.4) is 0 Å². The predicted octanol–water partition coefficient (Wildman–Crippen LogP) is 3.19. The Balaban J connectivity index is 2.01. The molecule has 1 fully saturated rings. The Morgan fingerprint density at radius 3 is 2.44 bits per heavy atom. The molecule has 1 saturated carbocycles. The van der Waals surface area contributed by atoms with Crippen LogP contribution in [0.25, 0.3) is 0 Å². The fourth-order valence-corrected chi connectivity index (χ4v) is 2.23. The van der Waals surface area contributed by atoms with Crippen molar-refractivity contribution in [3.8, 4) is 0 Å². The highest BCUT2D eigenvalue weighted by atomic mass is 32.2. The number of alkyl halides is 2. The monoisotopic (exact) mass is 244 g/mol. The summed E-state index contributed by atoms with van der Waals surface area (Å²) >= 11 is 0.497. The number of thioether (sulfide) groups is 1. The first kappa shape index (κ1) is 11.4. The lowest BCUT2D eigenvalue weighted by atomic mass is 10.1. The number of aliphatic carboxylic acids is 1. The summed E-state index contributed by atoms with van der Waals surface area (Å²) in [5, 5.41) is 8.76. The molecular weight excluding hydrogens is 234 g/mol. The van der Waals surface area contributed by atoms with Gasteiger partial charge in [-0.3, -0.25) is 4.79 Å². The molecule has 0 aromatic heterocycles. The van der Waals surface area contributed by atoms with E-state index >= 15 is 0 Å². The van der Waals surface area contributed by atoms with Gasteiger partial charge in [-0.15, -0.1) is 0 Å². The summed E-state index contributed by atoms with van der Waals surface area (Å²) < 4.78 is 24.1. The van der Waals surface area contributed by atoms with Gasteiger partial charge in [0.1, 0.15) is 0 Å². The molecule has 1 aromatic carbocycles. The number of carboxylic acids is 1. The highest BCUT2D eigenvalue weighted by molar-refractivity contribution is 7.99. The summed E-state index contributed by atoms with van der Waals surface area (Å²) in [6, 6.07) is 6.70. The fourth-order valence-electron chi connectivity index (χ4n) is 1.73. The Bertz CT molecular complexity index is 391. The standard InChI is InChI=1S/C11H10F2O2S/c12-11(13)16-7-3-1-6(2-4-7)8-5-9(8)10(14)15/h1-4,8-9,11H,5H2,(H,14,15). The second-order valence-corrected chi connectivity index (χ2v) is 4.80. The van der Waals surface area contributed by atoms with Gasteiger partial charge in [0, 0.05) is 4.90 Å². The third kappa shape index (κ3) is 2.52. The van der Waals surface area contributed by atoms with Gasteiger partial charge in [-0.1, -0.05) is 23.9 Å². The van der Waals surface area contributed by atoms with Gasteiger partial charge in [0.15, 0.2) is 0 Å². The maximum absolute atomic E-state index is 12.0. The smallest absolute Gasteiger partial charge is 0.307 e. The number of rotatable bonds is 4. The van der Waals surface area contributed by atoms with E-state index in [4.69, 9.17) is 5.11 Å². The number of hydrogen-bond acceptors (Lipinski definition) is 2. The van der Waals surface area contributed by atoms with Crippen LogP contribution in [0.2, 0.25) is 0 Å². The Morgan fingerprint density at radius 2 is 2.00 bits per heavy atom. The summed E-state index contributed by atoms with van der Waals surface area (Å²) in [6.45, 7) is 0. The van der Waals surface area contributed by atoms with E-state index in [0.29, 0.717) is 23.1 Å². The molecule has 0 radical (unpaired) electrons. The molecule has 0 saturated heterocycles. The van der Waals surface area contributed by atoms with E-state index < -0.39 is 11.7 Å². The Kier molecular flexibility index (Phi) is 3.14. The minimum atomic E-state index is -2.42.